The first-order valence-electron chi connectivity index (χ1n) is 7.71. The Morgan fingerprint density at radius 1 is 1.00 bits per heavy atom. The number of hydrogen-bond acceptors (Lipinski definition) is 5. The molecule has 0 spiro atoms. The van der Waals surface area contributed by atoms with Crippen molar-refractivity contribution in [1.82, 2.24) is 24.5 Å². The number of rotatable bonds is 5. The molecule has 0 saturated carbocycles. The number of nitrogens with zero attached hydrogens (tertiary/aromatic N) is 5. The summed E-state index contributed by atoms with van der Waals surface area (Å²) < 4.78 is 20.7. The molecule has 25 heavy (non-hydrogen) atoms. The summed E-state index contributed by atoms with van der Waals surface area (Å²) in [4.78, 5) is 16.9. The van der Waals surface area contributed by atoms with E-state index in [1.165, 1.54) is 18.5 Å². The zero-order chi connectivity index (χ0) is 17.1. The molecule has 4 rings (SSSR count). The fourth-order valence-electron chi connectivity index (χ4n) is 2.50. The topological polar surface area (TPSA) is 65.7 Å². The fourth-order valence-corrected chi connectivity index (χ4v) is 2.50. The molecule has 0 radical (unpaired) electrons. The molecule has 1 aromatic carbocycles. The molecule has 0 bridgehead atoms. The molecule has 0 saturated heterocycles. The first-order valence-corrected chi connectivity index (χ1v) is 7.71. The third-order valence-corrected chi connectivity index (χ3v) is 3.73. The van der Waals surface area contributed by atoms with Gasteiger partial charge in [-0.05, 0) is 23.8 Å². The molecule has 124 valence electrons. The minimum Gasteiger partial charge on any atom is -0.471 e. The van der Waals surface area contributed by atoms with E-state index in [9.17, 15) is 4.39 Å². The summed E-state index contributed by atoms with van der Waals surface area (Å²) in [5, 5.41) is 0. The summed E-state index contributed by atoms with van der Waals surface area (Å²) >= 11 is 0. The van der Waals surface area contributed by atoms with Crippen molar-refractivity contribution >= 4 is 11.2 Å². The van der Waals surface area contributed by atoms with Crippen LogP contribution in [0.25, 0.3) is 11.2 Å². The van der Waals surface area contributed by atoms with Gasteiger partial charge >= 0.3 is 0 Å². The molecule has 0 aliphatic carbocycles. The Morgan fingerprint density at radius 3 is 2.68 bits per heavy atom. The van der Waals surface area contributed by atoms with E-state index in [-0.39, 0.29) is 5.82 Å². The summed E-state index contributed by atoms with van der Waals surface area (Å²) in [5.41, 5.74) is 3.16. The smallest absolute Gasteiger partial charge is 0.245 e. The standard InChI is InChI=1S/C18H14FN5O/c19-15-5-3-13(4-6-15)9-24-12-23-16-17(24)21-11-22-18(16)25-10-14-2-1-7-20-8-14/h1-8,11-12H,9-10H2. The summed E-state index contributed by atoms with van der Waals surface area (Å²) in [6, 6.07) is 10.1. The summed E-state index contributed by atoms with van der Waals surface area (Å²) in [6.45, 7) is 0.889. The molecule has 4 aromatic rings. The van der Waals surface area contributed by atoms with Gasteiger partial charge in [-0.2, -0.15) is 4.98 Å². The normalized spacial score (nSPS) is 10.9. The van der Waals surface area contributed by atoms with E-state index in [0.717, 1.165) is 11.1 Å². The van der Waals surface area contributed by atoms with Crippen LogP contribution in [0.15, 0.2) is 61.4 Å². The Morgan fingerprint density at radius 2 is 1.88 bits per heavy atom. The molecule has 0 unspecified atom stereocenters. The average Bonchev–Trinajstić information content (AvgIpc) is 3.06. The highest BCUT2D eigenvalue weighted by Gasteiger charge is 2.12. The van der Waals surface area contributed by atoms with E-state index < -0.39 is 0 Å². The lowest BCUT2D eigenvalue weighted by molar-refractivity contribution is 0.296. The summed E-state index contributed by atoms with van der Waals surface area (Å²) in [6.07, 6.45) is 6.58. The third kappa shape index (κ3) is 3.30. The van der Waals surface area contributed by atoms with Gasteiger partial charge in [-0.15, -0.1) is 0 Å². The molecule has 6 nitrogen and oxygen atoms in total. The second kappa shape index (κ2) is 6.64. The lowest BCUT2D eigenvalue weighted by Gasteiger charge is -2.06. The number of halogens is 1. The van der Waals surface area contributed by atoms with Gasteiger partial charge in [0.25, 0.3) is 0 Å². The van der Waals surface area contributed by atoms with Crippen molar-refractivity contribution in [3.05, 3.63) is 78.4 Å². The molecule has 0 amide bonds. The van der Waals surface area contributed by atoms with Crippen molar-refractivity contribution in [2.24, 2.45) is 0 Å². The van der Waals surface area contributed by atoms with Gasteiger partial charge in [0, 0.05) is 18.0 Å². The minimum absolute atomic E-state index is 0.257. The third-order valence-electron chi connectivity index (χ3n) is 3.73. The van der Waals surface area contributed by atoms with Crippen molar-refractivity contribution < 1.29 is 9.13 Å². The Kier molecular flexibility index (Phi) is 4.04. The molecule has 0 aliphatic heterocycles. The van der Waals surface area contributed by atoms with Crippen LogP contribution in [0.2, 0.25) is 0 Å². The van der Waals surface area contributed by atoms with Gasteiger partial charge in [0.1, 0.15) is 18.8 Å². The molecule has 7 heteroatoms. The van der Waals surface area contributed by atoms with Crippen LogP contribution in [0.3, 0.4) is 0 Å². The predicted octanol–water partition coefficient (Wildman–Crippen LogP) is 2.99. The minimum atomic E-state index is -0.257. The van der Waals surface area contributed by atoms with Crippen molar-refractivity contribution in [2.45, 2.75) is 13.2 Å². The lowest BCUT2D eigenvalue weighted by Crippen LogP contribution is -2.01. The number of pyridine rings is 1. The largest absolute Gasteiger partial charge is 0.471 e. The zero-order valence-corrected chi connectivity index (χ0v) is 13.2. The first-order chi connectivity index (χ1) is 12.3. The molecule has 0 aliphatic rings. The van der Waals surface area contributed by atoms with Gasteiger partial charge in [0.05, 0.1) is 12.9 Å². The highest BCUT2D eigenvalue weighted by Crippen LogP contribution is 2.21. The maximum atomic E-state index is 13.0. The molecule has 0 fully saturated rings. The van der Waals surface area contributed by atoms with Crippen LogP contribution < -0.4 is 4.74 Å². The number of imidazole rings is 1. The van der Waals surface area contributed by atoms with Gasteiger partial charge in [-0.1, -0.05) is 18.2 Å². The Hall–Kier alpha value is -3.35. The second-order valence-corrected chi connectivity index (χ2v) is 5.50. The zero-order valence-electron chi connectivity index (χ0n) is 13.2. The molecular formula is C18H14FN5O. The van der Waals surface area contributed by atoms with Gasteiger partial charge in [0.2, 0.25) is 5.88 Å². The van der Waals surface area contributed by atoms with Crippen LogP contribution >= 0.6 is 0 Å². The monoisotopic (exact) mass is 335 g/mol. The van der Waals surface area contributed by atoms with Crippen LogP contribution in [0, 0.1) is 5.82 Å². The SMILES string of the molecule is Fc1ccc(Cn2cnc3c(OCc4cccnc4)ncnc32)cc1. The summed E-state index contributed by atoms with van der Waals surface area (Å²) in [7, 11) is 0. The molecule has 0 N–H and O–H groups in total. The van der Waals surface area contributed by atoms with Gasteiger partial charge in [-0.25, -0.2) is 14.4 Å². The molecule has 3 heterocycles. The number of fused-ring (bicyclic) bond motifs is 1. The van der Waals surface area contributed by atoms with Crippen LogP contribution in [0.1, 0.15) is 11.1 Å². The van der Waals surface area contributed by atoms with Crippen LogP contribution in [-0.2, 0) is 13.2 Å². The van der Waals surface area contributed by atoms with Gasteiger partial charge in [-0.3, -0.25) is 4.98 Å². The second-order valence-electron chi connectivity index (χ2n) is 5.50. The Labute approximate surface area is 143 Å². The quantitative estimate of drug-likeness (QED) is 0.561. The number of ether oxygens (including phenoxy) is 1. The van der Waals surface area contributed by atoms with E-state index in [1.54, 1.807) is 30.9 Å². The maximum absolute atomic E-state index is 13.0. The van der Waals surface area contributed by atoms with E-state index in [0.29, 0.717) is 30.2 Å². The van der Waals surface area contributed by atoms with Crippen molar-refractivity contribution in [3.63, 3.8) is 0 Å². The van der Waals surface area contributed by atoms with Crippen molar-refractivity contribution in [1.29, 1.82) is 0 Å². The van der Waals surface area contributed by atoms with E-state index >= 15 is 0 Å². The highest BCUT2D eigenvalue weighted by molar-refractivity contribution is 5.76. The van der Waals surface area contributed by atoms with Crippen LogP contribution in [-0.4, -0.2) is 24.5 Å². The first kappa shape index (κ1) is 15.2. The summed E-state index contributed by atoms with van der Waals surface area (Å²) in [5.74, 6) is 0.166. The van der Waals surface area contributed by atoms with E-state index in [2.05, 4.69) is 19.9 Å². The number of benzene rings is 1. The maximum Gasteiger partial charge on any atom is 0.245 e. The molecule has 0 atom stereocenters. The number of hydrogen-bond donors (Lipinski definition) is 0. The van der Waals surface area contributed by atoms with Crippen molar-refractivity contribution in [3.8, 4) is 5.88 Å². The van der Waals surface area contributed by atoms with E-state index in [4.69, 9.17) is 4.74 Å². The molecular weight excluding hydrogens is 321 g/mol. The molecule has 3 aromatic heterocycles. The Bertz CT molecular complexity index is 985. The Balaban J connectivity index is 1.58. The fraction of sp³-hybridized carbons (Fsp3) is 0.111. The van der Waals surface area contributed by atoms with Crippen LogP contribution in [0.4, 0.5) is 4.39 Å². The van der Waals surface area contributed by atoms with Crippen LogP contribution in [0.5, 0.6) is 5.88 Å². The van der Waals surface area contributed by atoms with Gasteiger partial charge in [0.15, 0.2) is 11.2 Å². The highest BCUT2D eigenvalue weighted by atomic mass is 19.1. The van der Waals surface area contributed by atoms with Gasteiger partial charge < -0.3 is 9.30 Å². The lowest BCUT2D eigenvalue weighted by atomic mass is 10.2. The van der Waals surface area contributed by atoms with Crippen molar-refractivity contribution in [2.75, 3.05) is 0 Å². The predicted molar refractivity (Wildman–Crippen MR) is 89.4 cm³/mol. The van der Waals surface area contributed by atoms with E-state index in [1.807, 2.05) is 16.7 Å². The average molecular weight is 335 g/mol. The number of aromatic nitrogens is 5.